The van der Waals surface area contributed by atoms with Gasteiger partial charge in [0.1, 0.15) is 11.8 Å². The first-order valence-electron chi connectivity index (χ1n) is 9.95. The molecule has 158 valence electrons. The molecule has 30 heavy (non-hydrogen) atoms. The Labute approximate surface area is 175 Å². The van der Waals surface area contributed by atoms with Crippen LogP contribution in [0.5, 0.6) is 5.75 Å². The van der Waals surface area contributed by atoms with E-state index in [2.05, 4.69) is 16.0 Å². The van der Waals surface area contributed by atoms with E-state index in [9.17, 15) is 14.4 Å². The molecule has 1 heterocycles. The molecule has 0 radical (unpaired) electrons. The molecular formula is C22H26N4O4. The number of hydrogen-bond acceptors (Lipinski definition) is 4. The van der Waals surface area contributed by atoms with Crippen LogP contribution in [0.1, 0.15) is 26.7 Å². The number of carbonyl (C=O) groups excluding carboxylic acids is 3. The highest BCUT2D eigenvalue weighted by Gasteiger charge is 2.34. The minimum absolute atomic E-state index is 0.160. The van der Waals surface area contributed by atoms with Gasteiger partial charge in [0.15, 0.2) is 0 Å². The van der Waals surface area contributed by atoms with E-state index in [1.165, 1.54) is 6.92 Å². The van der Waals surface area contributed by atoms with Crippen molar-refractivity contribution >= 4 is 34.9 Å². The number of nitrogens with zero attached hydrogens (tertiary/aromatic N) is 1. The number of ether oxygens (including phenoxy) is 1. The van der Waals surface area contributed by atoms with Crippen LogP contribution in [0, 0.1) is 0 Å². The smallest absolute Gasteiger partial charge is 0.322 e. The highest BCUT2D eigenvalue weighted by molar-refractivity contribution is 5.99. The Morgan fingerprint density at radius 3 is 2.10 bits per heavy atom. The molecule has 2 aromatic rings. The summed E-state index contributed by atoms with van der Waals surface area (Å²) >= 11 is 0. The van der Waals surface area contributed by atoms with E-state index in [4.69, 9.17) is 4.74 Å². The number of nitrogens with one attached hydrogen (secondary N) is 3. The average Bonchev–Trinajstić information content (AvgIpc) is 3.21. The van der Waals surface area contributed by atoms with Gasteiger partial charge in [-0.1, -0.05) is 0 Å². The molecule has 0 aliphatic carbocycles. The zero-order valence-electron chi connectivity index (χ0n) is 17.1. The minimum atomic E-state index is -0.539. The van der Waals surface area contributed by atoms with Gasteiger partial charge in [-0.25, -0.2) is 4.79 Å². The molecule has 3 N–H and O–H groups in total. The molecule has 8 heteroatoms. The van der Waals surface area contributed by atoms with Crippen LogP contribution < -0.4 is 20.7 Å². The number of amides is 4. The van der Waals surface area contributed by atoms with Crippen molar-refractivity contribution in [2.75, 3.05) is 29.1 Å². The summed E-state index contributed by atoms with van der Waals surface area (Å²) < 4.78 is 5.40. The van der Waals surface area contributed by atoms with Crippen molar-refractivity contribution in [1.29, 1.82) is 0 Å². The van der Waals surface area contributed by atoms with Crippen LogP contribution in [0.2, 0.25) is 0 Å². The first-order chi connectivity index (χ1) is 14.5. The van der Waals surface area contributed by atoms with E-state index in [1.807, 2.05) is 6.92 Å². The van der Waals surface area contributed by atoms with Crippen LogP contribution in [-0.2, 0) is 9.59 Å². The molecule has 1 atom stereocenters. The predicted molar refractivity (Wildman–Crippen MR) is 116 cm³/mol. The van der Waals surface area contributed by atoms with Gasteiger partial charge in [0.25, 0.3) is 0 Å². The minimum Gasteiger partial charge on any atom is -0.494 e. The lowest BCUT2D eigenvalue weighted by molar-refractivity contribution is -0.119. The Kier molecular flexibility index (Phi) is 6.90. The second-order valence-electron chi connectivity index (χ2n) is 6.99. The molecule has 1 aliphatic heterocycles. The molecule has 0 saturated carbocycles. The number of carbonyl (C=O) groups is 3. The summed E-state index contributed by atoms with van der Waals surface area (Å²) in [7, 11) is 0. The molecule has 1 fully saturated rings. The van der Waals surface area contributed by atoms with E-state index >= 15 is 0 Å². The van der Waals surface area contributed by atoms with E-state index in [0.29, 0.717) is 36.6 Å². The van der Waals surface area contributed by atoms with Crippen molar-refractivity contribution in [1.82, 2.24) is 4.90 Å². The molecule has 0 unspecified atom stereocenters. The highest BCUT2D eigenvalue weighted by atomic mass is 16.5. The third-order valence-corrected chi connectivity index (χ3v) is 4.71. The standard InChI is InChI=1S/C22H26N4O4/c1-3-30-19-12-10-18(11-13-19)25-22(29)26-14-4-5-20(26)21(28)24-17-8-6-16(7-9-17)23-15(2)27/h6-13,20H,3-5,14H2,1-2H3,(H,23,27)(H,24,28)(H,25,29)/t20-/m0/s1. The molecule has 0 aromatic heterocycles. The van der Waals surface area contributed by atoms with Crippen molar-refractivity contribution in [3.8, 4) is 5.75 Å². The molecule has 4 amide bonds. The van der Waals surface area contributed by atoms with E-state index in [0.717, 1.165) is 12.2 Å². The van der Waals surface area contributed by atoms with Gasteiger partial charge in [-0.15, -0.1) is 0 Å². The van der Waals surface area contributed by atoms with Crippen LogP contribution in [0.15, 0.2) is 48.5 Å². The molecule has 1 aliphatic rings. The van der Waals surface area contributed by atoms with Crippen LogP contribution in [0.3, 0.4) is 0 Å². The molecule has 1 saturated heterocycles. The Hall–Kier alpha value is -3.55. The normalized spacial score (nSPS) is 15.4. The first-order valence-corrected chi connectivity index (χ1v) is 9.95. The third-order valence-electron chi connectivity index (χ3n) is 4.71. The van der Waals surface area contributed by atoms with E-state index in [-0.39, 0.29) is 17.8 Å². The van der Waals surface area contributed by atoms with Crippen LogP contribution in [-0.4, -0.2) is 41.9 Å². The Balaban J connectivity index is 1.59. The summed E-state index contributed by atoms with van der Waals surface area (Å²) in [5.74, 6) is 0.340. The monoisotopic (exact) mass is 410 g/mol. The van der Waals surface area contributed by atoms with Gasteiger partial charge in [0.2, 0.25) is 11.8 Å². The summed E-state index contributed by atoms with van der Waals surface area (Å²) in [5, 5.41) is 8.36. The molecule has 2 aromatic carbocycles. The van der Waals surface area contributed by atoms with Gasteiger partial charge >= 0.3 is 6.03 Å². The van der Waals surface area contributed by atoms with Crippen LogP contribution in [0.25, 0.3) is 0 Å². The lowest BCUT2D eigenvalue weighted by Gasteiger charge is -2.24. The summed E-state index contributed by atoms with van der Waals surface area (Å²) in [5.41, 5.74) is 1.90. The predicted octanol–water partition coefficient (Wildman–Crippen LogP) is 3.68. The quantitative estimate of drug-likeness (QED) is 0.676. The first kappa shape index (κ1) is 21.2. The van der Waals surface area contributed by atoms with Crippen molar-refractivity contribution < 1.29 is 19.1 Å². The van der Waals surface area contributed by atoms with Crippen LogP contribution >= 0.6 is 0 Å². The Bertz CT molecular complexity index is 896. The fourth-order valence-corrected chi connectivity index (χ4v) is 3.34. The molecule has 0 bridgehead atoms. The number of hydrogen-bond donors (Lipinski definition) is 3. The van der Waals surface area contributed by atoms with Gasteiger partial charge in [0.05, 0.1) is 6.61 Å². The number of urea groups is 1. The third kappa shape index (κ3) is 5.50. The second kappa shape index (κ2) is 9.78. The van der Waals surface area contributed by atoms with E-state index in [1.54, 1.807) is 53.4 Å². The van der Waals surface area contributed by atoms with Crippen molar-refractivity contribution in [2.45, 2.75) is 32.7 Å². The van der Waals surface area contributed by atoms with Crippen molar-refractivity contribution in [3.05, 3.63) is 48.5 Å². The maximum Gasteiger partial charge on any atom is 0.322 e. The average molecular weight is 410 g/mol. The molecule has 0 spiro atoms. The van der Waals surface area contributed by atoms with Gasteiger partial charge in [-0.3, -0.25) is 9.59 Å². The Morgan fingerprint density at radius 2 is 1.50 bits per heavy atom. The lowest BCUT2D eigenvalue weighted by atomic mass is 10.2. The summed E-state index contributed by atoms with van der Waals surface area (Å²) in [6, 6.07) is 13.1. The zero-order chi connectivity index (χ0) is 21.5. The zero-order valence-corrected chi connectivity index (χ0v) is 17.1. The van der Waals surface area contributed by atoms with Gasteiger partial charge < -0.3 is 25.6 Å². The summed E-state index contributed by atoms with van der Waals surface area (Å²) in [6.07, 6.45) is 1.36. The number of rotatable bonds is 6. The fourth-order valence-electron chi connectivity index (χ4n) is 3.34. The molecule has 8 nitrogen and oxygen atoms in total. The number of likely N-dealkylation sites (tertiary alicyclic amines) is 1. The maximum atomic E-state index is 12.7. The van der Waals surface area contributed by atoms with Crippen molar-refractivity contribution in [2.24, 2.45) is 0 Å². The number of benzene rings is 2. The van der Waals surface area contributed by atoms with Gasteiger partial charge in [0, 0.05) is 30.5 Å². The van der Waals surface area contributed by atoms with Crippen LogP contribution in [0.4, 0.5) is 21.9 Å². The Morgan fingerprint density at radius 1 is 0.933 bits per heavy atom. The fraction of sp³-hybridized carbons (Fsp3) is 0.318. The molecular weight excluding hydrogens is 384 g/mol. The lowest BCUT2D eigenvalue weighted by Crippen LogP contribution is -2.45. The van der Waals surface area contributed by atoms with Crippen molar-refractivity contribution in [3.63, 3.8) is 0 Å². The maximum absolute atomic E-state index is 12.7. The topological polar surface area (TPSA) is 99.8 Å². The highest BCUT2D eigenvalue weighted by Crippen LogP contribution is 2.22. The molecule has 3 rings (SSSR count). The second-order valence-corrected chi connectivity index (χ2v) is 6.99. The van der Waals surface area contributed by atoms with Gasteiger partial charge in [-0.05, 0) is 68.3 Å². The number of anilines is 3. The van der Waals surface area contributed by atoms with Gasteiger partial charge in [-0.2, -0.15) is 0 Å². The SMILES string of the molecule is CCOc1ccc(NC(=O)N2CCC[C@H]2C(=O)Nc2ccc(NC(C)=O)cc2)cc1. The largest absolute Gasteiger partial charge is 0.494 e. The van der Waals surface area contributed by atoms with E-state index < -0.39 is 6.04 Å². The summed E-state index contributed by atoms with van der Waals surface area (Å²) in [6.45, 7) is 4.43. The summed E-state index contributed by atoms with van der Waals surface area (Å²) in [4.78, 5) is 38.1.